The summed E-state index contributed by atoms with van der Waals surface area (Å²) < 4.78 is 0. The van der Waals surface area contributed by atoms with Crippen molar-refractivity contribution in [3.05, 3.63) is 29.3 Å². The molecule has 3 atom stereocenters. The highest BCUT2D eigenvalue weighted by molar-refractivity contribution is 6.23. The Labute approximate surface area is 163 Å². The van der Waals surface area contributed by atoms with Gasteiger partial charge in [-0.25, -0.2) is 0 Å². The van der Waals surface area contributed by atoms with Gasteiger partial charge in [0.2, 0.25) is 11.8 Å². The Morgan fingerprint density at radius 3 is 2.57 bits per heavy atom. The Morgan fingerprint density at radius 1 is 1.11 bits per heavy atom. The Hall–Kier alpha value is -2.74. The fourth-order valence-electron chi connectivity index (χ4n) is 4.37. The van der Waals surface area contributed by atoms with E-state index in [1.165, 1.54) is 0 Å². The number of piperidine rings is 2. The van der Waals surface area contributed by atoms with Crippen molar-refractivity contribution < 1.29 is 19.2 Å². The van der Waals surface area contributed by atoms with Gasteiger partial charge < -0.3 is 10.6 Å². The Bertz CT molecular complexity index is 868. The minimum Gasteiger partial charge on any atom is -0.371 e. The van der Waals surface area contributed by atoms with Gasteiger partial charge in [-0.2, -0.15) is 0 Å². The number of hydrogen-bond donors (Lipinski definition) is 2. The number of imide groups is 2. The van der Waals surface area contributed by atoms with Crippen LogP contribution in [0.3, 0.4) is 0 Å². The first-order chi connectivity index (χ1) is 13.4. The molecule has 28 heavy (non-hydrogen) atoms. The van der Waals surface area contributed by atoms with E-state index in [0.29, 0.717) is 17.0 Å². The number of nitrogens with zero attached hydrogens (tertiary/aromatic N) is 2. The van der Waals surface area contributed by atoms with Gasteiger partial charge in [-0.1, -0.05) is 13.3 Å². The summed E-state index contributed by atoms with van der Waals surface area (Å²) in [5, 5.41) is 2.21. The second-order valence-corrected chi connectivity index (χ2v) is 7.74. The molecule has 1 aromatic rings. The van der Waals surface area contributed by atoms with Crippen LogP contribution in [0.4, 0.5) is 5.69 Å². The molecular weight excluding hydrogens is 360 g/mol. The van der Waals surface area contributed by atoms with Gasteiger partial charge in [0.05, 0.1) is 11.1 Å². The van der Waals surface area contributed by atoms with Crippen LogP contribution in [0.2, 0.25) is 0 Å². The molecule has 4 amide bonds. The maximum Gasteiger partial charge on any atom is 0.262 e. The first-order valence-corrected chi connectivity index (χ1v) is 9.77. The van der Waals surface area contributed by atoms with E-state index in [1.807, 2.05) is 6.07 Å². The van der Waals surface area contributed by atoms with E-state index in [-0.39, 0.29) is 24.8 Å². The van der Waals surface area contributed by atoms with E-state index >= 15 is 0 Å². The molecule has 0 aliphatic carbocycles. The average molecular weight is 384 g/mol. The van der Waals surface area contributed by atoms with Crippen molar-refractivity contribution in [2.45, 2.75) is 44.7 Å². The topological polar surface area (TPSA) is 113 Å². The third-order valence-electron chi connectivity index (χ3n) is 6.11. The molecule has 3 heterocycles. The number of hydrogen-bond acceptors (Lipinski definition) is 6. The van der Waals surface area contributed by atoms with E-state index in [0.717, 1.165) is 36.5 Å². The van der Waals surface area contributed by atoms with Gasteiger partial charge in [0, 0.05) is 31.2 Å². The van der Waals surface area contributed by atoms with E-state index in [4.69, 9.17) is 5.73 Å². The number of carbonyl (C=O) groups excluding carboxylic acids is 4. The summed E-state index contributed by atoms with van der Waals surface area (Å²) in [5.41, 5.74) is 7.69. The predicted molar refractivity (Wildman–Crippen MR) is 102 cm³/mol. The van der Waals surface area contributed by atoms with E-state index in [2.05, 4.69) is 17.1 Å². The molecule has 0 bridgehead atoms. The quantitative estimate of drug-likeness (QED) is 0.740. The number of amides is 4. The summed E-state index contributed by atoms with van der Waals surface area (Å²) in [7, 11) is 0. The molecule has 8 heteroatoms. The van der Waals surface area contributed by atoms with Crippen molar-refractivity contribution in [3.8, 4) is 0 Å². The number of anilines is 1. The summed E-state index contributed by atoms with van der Waals surface area (Å²) in [4.78, 5) is 52.4. The second kappa shape index (κ2) is 7.01. The summed E-state index contributed by atoms with van der Waals surface area (Å²) in [6.45, 7) is 3.74. The minimum atomic E-state index is -0.939. The molecule has 8 nitrogen and oxygen atoms in total. The standard InChI is InChI=1S/C20H24N4O4/c1-2-11-10-23(8-7-15(11)21)12-3-4-13-14(9-12)20(28)24(19(13)27)16-5-6-17(25)22-18(16)26/h3-4,9,11,15-16H,2,5-8,10,21H2,1H3,(H,22,25,26). The number of benzene rings is 1. The fraction of sp³-hybridized carbons (Fsp3) is 0.500. The molecule has 4 rings (SSSR count). The molecule has 2 fully saturated rings. The lowest BCUT2D eigenvalue weighted by atomic mass is 9.90. The first-order valence-electron chi connectivity index (χ1n) is 9.77. The summed E-state index contributed by atoms with van der Waals surface area (Å²) in [6, 6.07) is 4.49. The molecule has 3 aliphatic heterocycles. The number of nitrogens with two attached hydrogens (primary N) is 1. The van der Waals surface area contributed by atoms with Gasteiger partial charge >= 0.3 is 0 Å². The molecule has 148 valence electrons. The van der Waals surface area contributed by atoms with Crippen LogP contribution in [0.5, 0.6) is 0 Å². The number of carbonyl (C=O) groups is 4. The lowest BCUT2D eigenvalue weighted by Crippen LogP contribution is -2.54. The normalized spacial score (nSPS) is 27.9. The minimum absolute atomic E-state index is 0.113. The van der Waals surface area contributed by atoms with E-state index in [1.54, 1.807) is 12.1 Å². The summed E-state index contributed by atoms with van der Waals surface area (Å²) >= 11 is 0. The molecule has 3 N–H and O–H groups in total. The molecule has 3 aliphatic rings. The number of fused-ring (bicyclic) bond motifs is 1. The second-order valence-electron chi connectivity index (χ2n) is 7.74. The van der Waals surface area contributed by atoms with Crippen LogP contribution in [0.1, 0.15) is 53.3 Å². The SMILES string of the molecule is CCC1CN(c2ccc3c(c2)C(=O)N(C2CCC(=O)NC2=O)C3=O)CCC1N. The van der Waals surface area contributed by atoms with Crippen molar-refractivity contribution in [2.24, 2.45) is 11.7 Å². The Balaban J connectivity index is 1.59. The highest BCUT2D eigenvalue weighted by Crippen LogP contribution is 2.32. The zero-order valence-corrected chi connectivity index (χ0v) is 15.8. The van der Waals surface area contributed by atoms with Crippen molar-refractivity contribution >= 4 is 29.3 Å². The maximum absolute atomic E-state index is 12.9. The fourth-order valence-corrected chi connectivity index (χ4v) is 4.37. The highest BCUT2D eigenvalue weighted by Gasteiger charge is 2.44. The van der Waals surface area contributed by atoms with Crippen LogP contribution in [-0.2, 0) is 9.59 Å². The first kappa shape index (κ1) is 18.6. The van der Waals surface area contributed by atoms with Gasteiger partial charge in [-0.3, -0.25) is 29.4 Å². The Morgan fingerprint density at radius 2 is 1.86 bits per heavy atom. The van der Waals surface area contributed by atoms with Crippen LogP contribution in [0.15, 0.2) is 18.2 Å². The maximum atomic E-state index is 12.9. The van der Waals surface area contributed by atoms with Crippen molar-refractivity contribution in [1.82, 2.24) is 10.2 Å². The summed E-state index contributed by atoms with van der Waals surface area (Å²) in [5.74, 6) is -1.54. The predicted octanol–water partition coefficient (Wildman–Crippen LogP) is 0.651. The molecule has 2 saturated heterocycles. The smallest absolute Gasteiger partial charge is 0.262 e. The zero-order valence-electron chi connectivity index (χ0n) is 15.8. The summed E-state index contributed by atoms with van der Waals surface area (Å²) in [6.07, 6.45) is 2.14. The van der Waals surface area contributed by atoms with Gasteiger partial charge in [0.25, 0.3) is 11.8 Å². The van der Waals surface area contributed by atoms with Gasteiger partial charge in [-0.15, -0.1) is 0 Å². The van der Waals surface area contributed by atoms with Crippen LogP contribution in [0, 0.1) is 5.92 Å². The molecule has 1 aromatic carbocycles. The Kier molecular flexibility index (Phi) is 4.66. The van der Waals surface area contributed by atoms with E-state index in [9.17, 15) is 19.2 Å². The number of nitrogens with one attached hydrogen (secondary N) is 1. The third-order valence-corrected chi connectivity index (χ3v) is 6.11. The van der Waals surface area contributed by atoms with Crippen molar-refractivity contribution in [3.63, 3.8) is 0 Å². The lowest BCUT2D eigenvalue weighted by molar-refractivity contribution is -0.136. The van der Waals surface area contributed by atoms with Crippen molar-refractivity contribution in [2.75, 3.05) is 18.0 Å². The van der Waals surface area contributed by atoms with Gasteiger partial charge in [-0.05, 0) is 37.0 Å². The monoisotopic (exact) mass is 384 g/mol. The molecule has 0 saturated carbocycles. The van der Waals surface area contributed by atoms with E-state index < -0.39 is 23.8 Å². The zero-order chi connectivity index (χ0) is 20.0. The third kappa shape index (κ3) is 2.97. The molecular formula is C20H24N4O4. The molecule has 0 radical (unpaired) electrons. The average Bonchev–Trinajstić information content (AvgIpc) is 2.93. The van der Waals surface area contributed by atoms with Gasteiger partial charge in [0.15, 0.2) is 0 Å². The largest absolute Gasteiger partial charge is 0.371 e. The van der Waals surface area contributed by atoms with Crippen LogP contribution in [0.25, 0.3) is 0 Å². The number of rotatable bonds is 3. The van der Waals surface area contributed by atoms with Crippen LogP contribution >= 0.6 is 0 Å². The van der Waals surface area contributed by atoms with Crippen molar-refractivity contribution in [1.29, 1.82) is 0 Å². The van der Waals surface area contributed by atoms with Crippen LogP contribution < -0.4 is 16.0 Å². The van der Waals surface area contributed by atoms with Gasteiger partial charge in [0.1, 0.15) is 6.04 Å². The van der Waals surface area contributed by atoms with Crippen LogP contribution in [-0.4, -0.2) is 53.7 Å². The molecule has 0 spiro atoms. The molecule has 0 aromatic heterocycles. The lowest BCUT2D eigenvalue weighted by Gasteiger charge is -2.38. The molecule has 3 unspecified atom stereocenters. The highest BCUT2D eigenvalue weighted by atomic mass is 16.2.